The number of nitrogens with zero attached hydrogens (tertiary/aromatic N) is 4. The molecule has 0 bridgehead atoms. The van der Waals surface area contributed by atoms with E-state index in [1.807, 2.05) is 31.7 Å². The zero-order valence-electron chi connectivity index (χ0n) is 12.0. The summed E-state index contributed by atoms with van der Waals surface area (Å²) in [4.78, 5) is 22.7. The highest BCUT2D eigenvalue weighted by Gasteiger charge is 2.10. The van der Waals surface area contributed by atoms with Gasteiger partial charge in [0.25, 0.3) is 0 Å². The van der Waals surface area contributed by atoms with Gasteiger partial charge in [-0.25, -0.2) is 4.79 Å². The zero-order valence-corrected chi connectivity index (χ0v) is 12.0. The maximum Gasteiger partial charge on any atom is 0.356 e. The number of rotatable bonds is 4. The van der Waals surface area contributed by atoms with Crippen molar-refractivity contribution in [2.75, 3.05) is 18.0 Å². The Bertz CT molecular complexity index is 648. The van der Waals surface area contributed by atoms with Gasteiger partial charge in [0.2, 0.25) is 5.95 Å². The summed E-state index contributed by atoms with van der Waals surface area (Å²) in [7, 11) is 0. The number of pyridine rings is 1. The van der Waals surface area contributed by atoms with E-state index in [9.17, 15) is 4.79 Å². The first-order valence-corrected chi connectivity index (χ1v) is 6.69. The van der Waals surface area contributed by atoms with Gasteiger partial charge in [-0.15, -0.1) is 0 Å². The van der Waals surface area contributed by atoms with Crippen LogP contribution in [-0.4, -0.2) is 27.5 Å². The van der Waals surface area contributed by atoms with Crippen molar-refractivity contribution in [2.24, 2.45) is 0 Å². The van der Waals surface area contributed by atoms with Crippen LogP contribution in [0.25, 0.3) is 5.65 Å². The molecule has 2 heterocycles. The molecule has 0 N–H and O–H groups in total. The number of aromatic nitrogens is 3. The second-order valence-corrected chi connectivity index (χ2v) is 4.75. The fourth-order valence-electron chi connectivity index (χ4n) is 2.06. The number of anilines is 1. The van der Waals surface area contributed by atoms with Crippen molar-refractivity contribution in [1.29, 1.82) is 0 Å². The molecule has 5 nitrogen and oxygen atoms in total. The van der Waals surface area contributed by atoms with Crippen LogP contribution in [0.5, 0.6) is 0 Å². The predicted molar refractivity (Wildman–Crippen MR) is 76.9 cm³/mol. The maximum atomic E-state index is 12.1. The van der Waals surface area contributed by atoms with Gasteiger partial charge in [0, 0.05) is 19.3 Å². The molecule has 0 saturated carbocycles. The van der Waals surface area contributed by atoms with E-state index in [4.69, 9.17) is 0 Å². The SMILES string of the molecule is CCCN(CC)c1nc(=O)n2cc(C)c(C)cc2n1. The van der Waals surface area contributed by atoms with Crippen LogP contribution in [-0.2, 0) is 0 Å². The van der Waals surface area contributed by atoms with Crippen molar-refractivity contribution in [2.45, 2.75) is 34.1 Å². The van der Waals surface area contributed by atoms with Gasteiger partial charge in [-0.1, -0.05) is 6.92 Å². The van der Waals surface area contributed by atoms with Crippen molar-refractivity contribution in [3.63, 3.8) is 0 Å². The average Bonchev–Trinajstić information content (AvgIpc) is 2.38. The summed E-state index contributed by atoms with van der Waals surface area (Å²) in [6.07, 6.45) is 2.80. The monoisotopic (exact) mass is 260 g/mol. The van der Waals surface area contributed by atoms with Gasteiger partial charge < -0.3 is 4.90 Å². The molecule has 2 aromatic rings. The van der Waals surface area contributed by atoms with Crippen molar-refractivity contribution in [3.8, 4) is 0 Å². The Morgan fingerprint density at radius 3 is 2.58 bits per heavy atom. The Labute approximate surface area is 112 Å². The first kappa shape index (κ1) is 13.5. The summed E-state index contributed by atoms with van der Waals surface area (Å²) in [6, 6.07) is 1.93. The quantitative estimate of drug-likeness (QED) is 0.843. The molecular weight excluding hydrogens is 240 g/mol. The summed E-state index contributed by atoms with van der Waals surface area (Å²) < 4.78 is 1.51. The Hall–Kier alpha value is -1.91. The molecule has 102 valence electrons. The van der Waals surface area contributed by atoms with E-state index >= 15 is 0 Å². The fraction of sp³-hybridized carbons (Fsp3) is 0.500. The number of aryl methyl sites for hydroxylation is 2. The molecule has 0 fully saturated rings. The molecule has 5 heteroatoms. The van der Waals surface area contributed by atoms with Crippen LogP contribution < -0.4 is 10.6 Å². The van der Waals surface area contributed by atoms with Gasteiger partial charge in [0.05, 0.1) is 0 Å². The molecule has 0 aliphatic rings. The first-order chi connectivity index (χ1) is 9.06. The van der Waals surface area contributed by atoms with Crippen LogP contribution in [0.1, 0.15) is 31.4 Å². The molecule has 0 amide bonds. The molecule has 19 heavy (non-hydrogen) atoms. The van der Waals surface area contributed by atoms with Crippen molar-refractivity contribution < 1.29 is 0 Å². The van der Waals surface area contributed by atoms with Gasteiger partial charge in [-0.3, -0.25) is 4.40 Å². The minimum absolute atomic E-state index is 0.266. The van der Waals surface area contributed by atoms with Crippen molar-refractivity contribution in [3.05, 3.63) is 33.9 Å². The number of fused-ring (bicyclic) bond motifs is 1. The maximum absolute atomic E-state index is 12.1. The highest BCUT2D eigenvalue weighted by molar-refractivity contribution is 5.47. The molecule has 0 radical (unpaired) electrons. The van der Waals surface area contributed by atoms with E-state index in [0.717, 1.165) is 30.6 Å². The lowest BCUT2D eigenvalue weighted by Crippen LogP contribution is -2.30. The molecule has 0 unspecified atom stereocenters. The van der Waals surface area contributed by atoms with Crippen LogP contribution in [0.3, 0.4) is 0 Å². The van der Waals surface area contributed by atoms with Crippen LogP contribution in [0.15, 0.2) is 17.1 Å². The third-order valence-corrected chi connectivity index (χ3v) is 3.31. The van der Waals surface area contributed by atoms with E-state index < -0.39 is 0 Å². The second-order valence-electron chi connectivity index (χ2n) is 4.75. The first-order valence-electron chi connectivity index (χ1n) is 6.69. The minimum Gasteiger partial charge on any atom is -0.341 e. The molecule has 0 spiro atoms. The van der Waals surface area contributed by atoms with Crippen LogP contribution in [0.2, 0.25) is 0 Å². The van der Waals surface area contributed by atoms with Crippen LogP contribution in [0.4, 0.5) is 5.95 Å². The second kappa shape index (κ2) is 5.38. The molecule has 0 atom stereocenters. The highest BCUT2D eigenvalue weighted by Crippen LogP contribution is 2.11. The number of hydrogen-bond donors (Lipinski definition) is 0. The molecule has 0 aliphatic heterocycles. The Balaban J connectivity index is 2.60. The van der Waals surface area contributed by atoms with E-state index in [-0.39, 0.29) is 5.69 Å². The zero-order chi connectivity index (χ0) is 14.0. The normalized spacial score (nSPS) is 10.9. The van der Waals surface area contributed by atoms with Gasteiger partial charge in [0.1, 0.15) is 5.65 Å². The lowest BCUT2D eigenvalue weighted by molar-refractivity contribution is 0.750. The molecular formula is C14H20N4O. The standard InChI is InChI=1S/C14H20N4O/c1-5-7-17(6-2)13-15-12-8-10(3)11(4)9-18(12)14(19)16-13/h8-9H,5-7H2,1-4H3. The van der Waals surface area contributed by atoms with Gasteiger partial charge in [0.15, 0.2) is 0 Å². The summed E-state index contributed by atoms with van der Waals surface area (Å²) in [6.45, 7) is 9.80. The van der Waals surface area contributed by atoms with E-state index in [2.05, 4.69) is 16.9 Å². The number of hydrogen-bond acceptors (Lipinski definition) is 4. The summed E-state index contributed by atoms with van der Waals surface area (Å²) in [5.41, 5.74) is 2.58. The molecule has 0 saturated heterocycles. The van der Waals surface area contributed by atoms with Gasteiger partial charge >= 0.3 is 5.69 Å². The molecule has 0 aliphatic carbocycles. The fourth-order valence-corrected chi connectivity index (χ4v) is 2.06. The Morgan fingerprint density at radius 2 is 1.95 bits per heavy atom. The van der Waals surface area contributed by atoms with Crippen molar-refractivity contribution in [1.82, 2.24) is 14.4 Å². The molecule has 2 rings (SSSR count). The average molecular weight is 260 g/mol. The smallest absolute Gasteiger partial charge is 0.341 e. The lowest BCUT2D eigenvalue weighted by Gasteiger charge is -2.19. The van der Waals surface area contributed by atoms with Crippen LogP contribution in [0, 0.1) is 13.8 Å². The van der Waals surface area contributed by atoms with E-state index in [1.165, 1.54) is 4.40 Å². The van der Waals surface area contributed by atoms with E-state index in [1.54, 1.807) is 6.20 Å². The minimum atomic E-state index is -0.266. The topological polar surface area (TPSA) is 50.5 Å². The van der Waals surface area contributed by atoms with Gasteiger partial charge in [-0.05, 0) is 44.4 Å². The summed E-state index contributed by atoms with van der Waals surface area (Å²) >= 11 is 0. The Kier molecular flexibility index (Phi) is 3.83. The summed E-state index contributed by atoms with van der Waals surface area (Å²) in [5, 5.41) is 0. The largest absolute Gasteiger partial charge is 0.356 e. The lowest BCUT2D eigenvalue weighted by atomic mass is 10.2. The molecule has 2 aromatic heterocycles. The third-order valence-electron chi connectivity index (χ3n) is 3.31. The third kappa shape index (κ3) is 2.59. The van der Waals surface area contributed by atoms with E-state index in [0.29, 0.717) is 11.6 Å². The Morgan fingerprint density at radius 1 is 1.21 bits per heavy atom. The molecule has 0 aromatic carbocycles. The summed E-state index contributed by atoms with van der Waals surface area (Å²) in [5.74, 6) is 0.526. The highest BCUT2D eigenvalue weighted by atomic mass is 16.1. The van der Waals surface area contributed by atoms with Crippen molar-refractivity contribution >= 4 is 11.6 Å². The van der Waals surface area contributed by atoms with Crippen LogP contribution >= 0.6 is 0 Å². The predicted octanol–water partition coefficient (Wildman–Crippen LogP) is 1.94. The van der Waals surface area contributed by atoms with Gasteiger partial charge in [-0.2, -0.15) is 9.97 Å².